The van der Waals surface area contributed by atoms with Gasteiger partial charge < -0.3 is 15.6 Å². The van der Waals surface area contributed by atoms with Gasteiger partial charge in [0.2, 0.25) is 0 Å². The second kappa shape index (κ2) is 9.59. The van der Waals surface area contributed by atoms with Crippen LogP contribution in [0.25, 0.3) is 10.8 Å². The SMILES string of the molecule is N=C(N)c1ccc2ccc(OCc3ccccc3)c(I)c2c1.O=C(O)C(F)(F)F. The Morgan fingerprint density at radius 1 is 1.10 bits per heavy atom. The molecule has 9 heteroatoms. The monoisotopic (exact) mass is 516 g/mol. The fourth-order valence-electron chi connectivity index (χ4n) is 2.28. The highest BCUT2D eigenvalue weighted by molar-refractivity contribution is 14.1. The van der Waals surface area contributed by atoms with Crippen molar-refractivity contribution in [3.05, 3.63) is 75.4 Å². The molecule has 0 aromatic heterocycles. The molecule has 0 unspecified atom stereocenters. The number of alkyl halides is 3. The number of carboxylic acids is 1. The quantitative estimate of drug-likeness (QED) is 0.260. The van der Waals surface area contributed by atoms with E-state index < -0.39 is 12.1 Å². The van der Waals surface area contributed by atoms with Crippen LogP contribution >= 0.6 is 22.6 Å². The zero-order valence-corrected chi connectivity index (χ0v) is 17.0. The number of amidine groups is 1. The summed E-state index contributed by atoms with van der Waals surface area (Å²) in [6.07, 6.45) is -5.08. The van der Waals surface area contributed by atoms with E-state index in [0.29, 0.717) is 6.61 Å². The molecule has 5 nitrogen and oxygen atoms in total. The van der Waals surface area contributed by atoms with Gasteiger partial charge in [0, 0.05) is 5.56 Å². The van der Waals surface area contributed by atoms with Crippen molar-refractivity contribution < 1.29 is 27.8 Å². The van der Waals surface area contributed by atoms with E-state index in [4.69, 9.17) is 25.8 Å². The first-order chi connectivity index (χ1) is 13.6. The number of nitrogen functional groups attached to an aromatic ring is 1. The van der Waals surface area contributed by atoms with Crippen LogP contribution in [0, 0.1) is 8.98 Å². The molecule has 0 aliphatic heterocycles. The van der Waals surface area contributed by atoms with Crippen LogP contribution in [0.4, 0.5) is 13.2 Å². The minimum atomic E-state index is -5.08. The Balaban J connectivity index is 0.000000370. The second-order valence-electron chi connectivity index (χ2n) is 5.80. The number of halogens is 4. The summed E-state index contributed by atoms with van der Waals surface area (Å²) in [6, 6.07) is 19.9. The van der Waals surface area contributed by atoms with E-state index in [9.17, 15) is 13.2 Å². The molecule has 3 aromatic rings. The van der Waals surface area contributed by atoms with Crippen LogP contribution in [-0.2, 0) is 11.4 Å². The standard InChI is InChI=1S/C18H15IN2O.C2HF3O2/c19-17-15-10-14(18(20)21)7-6-13(15)8-9-16(17)22-11-12-4-2-1-3-5-12;3-2(4,5)1(6)7/h1-10H,11H2,(H3,20,21);(H,6,7). The van der Waals surface area contributed by atoms with E-state index in [-0.39, 0.29) is 5.84 Å². The van der Waals surface area contributed by atoms with Crippen molar-refractivity contribution in [2.24, 2.45) is 5.73 Å². The van der Waals surface area contributed by atoms with Gasteiger partial charge in [-0.3, -0.25) is 5.41 Å². The summed E-state index contributed by atoms with van der Waals surface area (Å²) < 4.78 is 38.7. The van der Waals surface area contributed by atoms with Gasteiger partial charge in [0.25, 0.3) is 0 Å². The number of nitrogens with one attached hydrogen (secondary N) is 1. The van der Waals surface area contributed by atoms with Crippen molar-refractivity contribution in [3.63, 3.8) is 0 Å². The van der Waals surface area contributed by atoms with Crippen LogP contribution in [-0.4, -0.2) is 23.1 Å². The lowest BCUT2D eigenvalue weighted by molar-refractivity contribution is -0.192. The number of aliphatic carboxylic acids is 1. The van der Waals surface area contributed by atoms with E-state index in [1.54, 1.807) is 0 Å². The molecular weight excluding hydrogens is 500 g/mol. The number of benzene rings is 3. The molecule has 152 valence electrons. The smallest absolute Gasteiger partial charge is 0.488 e. The average molecular weight is 516 g/mol. The van der Waals surface area contributed by atoms with Gasteiger partial charge in [-0.05, 0) is 51.1 Å². The molecule has 0 saturated carbocycles. The molecule has 3 rings (SSSR count). The fraction of sp³-hybridized carbons (Fsp3) is 0.100. The molecule has 0 aliphatic rings. The van der Waals surface area contributed by atoms with Crippen molar-refractivity contribution in [2.45, 2.75) is 12.8 Å². The number of hydrogen-bond acceptors (Lipinski definition) is 3. The van der Waals surface area contributed by atoms with Crippen molar-refractivity contribution in [1.82, 2.24) is 0 Å². The zero-order valence-electron chi connectivity index (χ0n) is 14.8. The maximum absolute atomic E-state index is 10.6. The Morgan fingerprint density at radius 2 is 1.69 bits per heavy atom. The molecular formula is C20H16F3IN2O3. The van der Waals surface area contributed by atoms with Gasteiger partial charge in [0.1, 0.15) is 18.2 Å². The van der Waals surface area contributed by atoms with Crippen molar-refractivity contribution in [2.75, 3.05) is 0 Å². The summed E-state index contributed by atoms with van der Waals surface area (Å²) in [5.74, 6) is -1.83. The van der Waals surface area contributed by atoms with Crippen LogP contribution in [0.2, 0.25) is 0 Å². The first-order valence-electron chi connectivity index (χ1n) is 8.13. The number of rotatable bonds is 4. The van der Waals surface area contributed by atoms with E-state index in [1.807, 2.05) is 60.7 Å². The van der Waals surface area contributed by atoms with Gasteiger partial charge in [-0.15, -0.1) is 0 Å². The molecule has 0 amide bonds. The van der Waals surface area contributed by atoms with Gasteiger partial charge in [0.05, 0.1) is 3.57 Å². The molecule has 0 fully saturated rings. The third-order valence-electron chi connectivity index (χ3n) is 3.71. The maximum Gasteiger partial charge on any atom is 0.490 e. The Kier molecular flexibility index (Phi) is 7.43. The molecule has 29 heavy (non-hydrogen) atoms. The first kappa shape index (κ1) is 22.5. The van der Waals surface area contributed by atoms with Crippen LogP contribution in [0.15, 0.2) is 60.7 Å². The minimum Gasteiger partial charge on any atom is -0.488 e. The van der Waals surface area contributed by atoms with E-state index in [1.165, 1.54) is 0 Å². The topological polar surface area (TPSA) is 96.4 Å². The van der Waals surface area contributed by atoms with E-state index >= 15 is 0 Å². The third kappa shape index (κ3) is 6.34. The molecule has 0 aliphatic carbocycles. The summed E-state index contributed by atoms with van der Waals surface area (Å²) in [5.41, 5.74) is 7.44. The molecule has 0 bridgehead atoms. The highest BCUT2D eigenvalue weighted by Gasteiger charge is 2.38. The van der Waals surface area contributed by atoms with Crippen molar-refractivity contribution in [1.29, 1.82) is 5.41 Å². The fourth-order valence-corrected chi connectivity index (χ4v) is 3.08. The molecule has 0 heterocycles. The van der Waals surface area contributed by atoms with Crippen LogP contribution in [0.5, 0.6) is 5.75 Å². The highest BCUT2D eigenvalue weighted by Crippen LogP contribution is 2.30. The van der Waals surface area contributed by atoms with Crippen LogP contribution in [0.3, 0.4) is 0 Å². The molecule has 0 radical (unpaired) electrons. The first-order valence-corrected chi connectivity index (χ1v) is 9.21. The lowest BCUT2D eigenvalue weighted by Crippen LogP contribution is -2.21. The molecule has 3 aromatic carbocycles. The maximum atomic E-state index is 10.6. The lowest BCUT2D eigenvalue weighted by Gasteiger charge is -2.11. The Morgan fingerprint density at radius 3 is 2.24 bits per heavy atom. The number of carboxylic acid groups (broad SMARTS) is 1. The highest BCUT2D eigenvalue weighted by atomic mass is 127. The van der Waals surface area contributed by atoms with Gasteiger partial charge >= 0.3 is 12.1 Å². The molecule has 0 atom stereocenters. The van der Waals surface area contributed by atoms with Crippen molar-refractivity contribution in [3.8, 4) is 5.75 Å². The largest absolute Gasteiger partial charge is 0.490 e. The summed E-state index contributed by atoms with van der Waals surface area (Å²) in [6.45, 7) is 0.536. The number of ether oxygens (including phenoxy) is 1. The second-order valence-corrected chi connectivity index (χ2v) is 6.88. The van der Waals surface area contributed by atoms with Gasteiger partial charge in [0.15, 0.2) is 0 Å². The molecule has 4 N–H and O–H groups in total. The third-order valence-corrected chi connectivity index (χ3v) is 4.82. The summed E-state index contributed by atoms with van der Waals surface area (Å²) in [7, 11) is 0. The lowest BCUT2D eigenvalue weighted by atomic mass is 10.1. The van der Waals surface area contributed by atoms with Gasteiger partial charge in [-0.2, -0.15) is 13.2 Å². The summed E-state index contributed by atoms with van der Waals surface area (Å²) in [4.78, 5) is 8.90. The minimum absolute atomic E-state index is 0.0771. The normalized spacial score (nSPS) is 10.8. The van der Waals surface area contributed by atoms with Crippen molar-refractivity contribution >= 4 is 45.2 Å². The van der Waals surface area contributed by atoms with Gasteiger partial charge in [-0.1, -0.05) is 48.5 Å². The summed E-state index contributed by atoms with van der Waals surface area (Å²) >= 11 is 2.29. The Labute approximate surface area is 177 Å². The Hall–Kier alpha value is -2.82. The number of nitrogens with two attached hydrogens (primary N) is 1. The van der Waals surface area contributed by atoms with E-state index in [2.05, 4.69) is 22.6 Å². The average Bonchev–Trinajstić information content (AvgIpc) is 2.68. The Bertz CT molecular complexity index is 1020. The number of carbonyl (C=O) groups is 1. The van der Waals surface area contributed by atoms with Crippen LogP contribution < -0.4 is 10.5 Å². The zero-order chi connectivity index (χ0) is 21.6. The number of fused-ring (bicyclic) bond motifs is 1. The molecule has 0 saturated heterocycles. The van der Waals surface area contributed by atoms with Gasteiger partial charge in [-0.25, -0.2) is 4.79 Å². The predicted molar refractivity (Wildman–Crippen MR) is 112 cm³/mol. The van der Waals surface area contributed by atoms with Crippen LogP contribution in [0.1, 0.15) is 11.1 Å². The predicted octanol–water partition coefficient (Wildman–Crippen LogP) is 4.94. The van der Waals surface area contributed by atoms with E-state index in [0.717, 1.165) is 31.2 Å². The summed E-state index contributed by atoms with van der Waals surface area (Å²) in [5, 5.41) is 16.9. The molecule has 0 spiro atoms. The number of hydrogen-bond donors (Lipinski definition) is 3.